The summed E-state index contributed by atoms with van der Waals surface area (Å²) in [5, 5.41) is 42.2. The van der Waals surface area contributed by atoms with Crippen molar-refractivity contribution in [3.05, 3.63) is 11.6 Å². The molecule has 1 aliphatic heterocycles. The number of carbonyl (C=O) groups excluding carboxylic acids is 2. The quantitative estimate of drug-likeness (QED) is 0.242. The van der Waals surface area contributed by atoms with Crippen molar-refractivity contribution < 1.29 is 44.3 Å². The Morgan fingerprint density at radius 1 is 0.891 bits per heavy atom. The van der Waals surface area contributed by atoms with E-state index in [1.807, 2.05) is 0 Å². The van der Waals surface area contributed by atoms with Crippen LogP contribution in [0.25, 0.3) is 0 Å². The minimum absolute atomic E-state index is 0.0113. The highest BCUT2D eigenvalue weighted by atomic mass is 16.7. The van der Waals surface area contributed by atoms with Crippen molar-refractivity contribution in [3.8, 4) is 0 Å². The molecule has 0 amide bonds. The van der Waals surface area contributed by atoms with Gasteiger partial charge in [-0.1, -0.05) is 60.1 Å². The molecule has 0 spiro atoms. The largest absolute Gasteiger partial charge is 0.481 e. The molecule has 0 bridgehead atoms. The molecule has 4 saturated carbocycles. The second kappa shape index (κ2) is 11.1. The number of aliphatic hydroxyl groups excluding tert-OH is 3. The van der Waals surface area contributed by atoms with Crippen LogP contribution >= 0.6 is 0 Å². The Hall–Kier alpha value is -1.81. The van der Waals surface area contributed by atoms with Crippen LogP contribution in [0.4, 0.5) is 0 Å². The highest BCUT2D eigenvalue weighted by Gasteiger charge is 2.70. The van der Waals surface area contributed by atoms with Crippen LogP contribution in [0.1, 0.15) is 106 Å². The van der Waals surface area contributed by atoms with E-state index in [9.17, 15) is 34.8 Å². The Labute approximate surface area is 273 Å². The van der Waals surface area contributed by atoms with E-state index in [0.717, 1.165) is 51.4 Å². The van der Waals surface area contributed by atoms with Crippen molar-refractivity contribution in [2.75, 3.05) is 0 Å². The van der Waals surface area contributed by atoms with Gasteiger partial charge < -0.3 is 29.9 Å². The van der Waals surface area contributed by atoms with Crippen molar-refractivity contribution in [1.29, 1.82) is 0 Å². The highest BCUT2D eigenvalue weighted by molar-refractivity contribution is 5.87. The van der Waals surface area contributed by atoms with Gasteiger partial charge >= 0.3 is 5.97 Å². The molecule has 0 aromatic rings. The van der Waals surface area contributed by atoms with Gasteiger partial charge in [0, 0.05) is 5.92 Å². The summed E-state index contributed by atoms with van der Waals surface area (Å²) in [6.45, 7) is 16.3. The molecule has 4 N–H and O–H groups in total. The van der Waals surface area contributed by atoms with Crippen LogP contribution in [0.5, 0.6) is 0 Å². The van der Waals surface area contributed by atoms with Crippen molar-refractivity contribution in [1.82, 2.24) is 0 Å². The van der Waals surface area contributed by atoms with Crippen molar-refractivity contribution >= 4 is 18.2 Å². The highest BCUT2D eigenvalue weighted by Crippen LogP contribution is 2.76. The average Bonchev–Trinajstić information content (AvgIpc) is 2.99. The van der Waals surface area contributed by atoms with Crippen LogP contribution in [-0.2, 0) is 23.9 Å². The maximum absolute atomic E-state index is 14.1. The zero-order chi connectivity index (χ0) is 33.8. The minimum Gasteiger partial charge on any atom is -0.481 e. The van der Waals surface area contributed by atoms with Crippen LogP contribution < -0.4 is 0 Å². The van der Waals surface area contributed by atoms with Crippen LogP contribution in [0.3, 0.4) is 0 Å². The van der Waals surface area contributed by atoms with Gasteiger partial charge in [-0.05, 0) is 109 Å². The molecule has 5 unspecified atom stereocenters. The normalized spacial score (nSPS) is 52.9. The summed E-state index contributed by atoms with van der Waals surface area (Å²) < 4.78 is 10.4. The SMILES string of the molecule is C[C@@H]1CC[C@]2(C(=O)O)CC[C@]3(C)C(=CCC4[C@@]5(C)CC[C@H](C(=O)[C@@H]6OC(OC=O)[C@@H](O)C(O)[C@@H]6O)C(C)(C)C5CC[C@]43C)C2[C@H]1C. The van der Waals surface area contributed by atoms with Crippen molar-refractivity contribution in [2.45, 2.75) is 137 Å². The topological polar surface area (TPSA) is 151 Å². The lowest BCUT2D eigenvalue weighted by Crippen LogP contribution is -2.66. The van der Waals surface area contributed by atoms with Gasteiger partial charge in [-0.2, -0.15) is 0 Å². The summed E-state index contributed by atoms with van der Waals surface area (Å²) in [7, 11) is 0. The Kier molecular flexibility index (Phi) is 8.23. The van der Waals surface area contributed by atoms with Gasteiger partial charge in [-0.25, -0.2) is 0 Å². The molecule has 15 atom stereocenters. The first-order valence-electron chi connectivity index (χ1n) is 17.7. The number of hydrogen-bond donors (Lipinski definition) is 4. The third kappa shape index (κ3) is 4.36. The first-order chi connectivity index (χ1) is 21.4. The maximum Gasteiger partial charge on any atom is 0.310 e. The van der Waals surface area contributed by atoms with E-state index in [1.165, 1.54) is 5.57 Å². The van der Waals surface area contributed by atoms with Crippen LogP contribution in [0.2, 0.25) is 0 Å². The third-order valence-electron chi connectivity index (χ3n) is 15.8. The number of ketones is 1. The number of aliphatic carboxylic acids is 1. The Morgan fingerprint density at radius 3 is 2.24 bits per heavy atom. The zero-order valence-electron chi connectivity index (χ0n) is 28.7. The molecule has 0 radical (unpaired) electrons. The van der Waals surface area contributed by atoms with E-state index in [2.05, 4.69) is 54.5 Å². The first-order valence-corrected chi connectivity index (χ1v) is 17.7. The van der Waals surface area contributed by atoms with E-state index < -0.39 is 53.4 Å². The van der Waals surface area contributed by atoms with Gasteiger partial charge in [0.2, 0.25) is 6.29 Å². The lowest BCUT2D eigenvalue weighted by atomic mass is 9.33. The Balaban J connectivity index is 1.31. The number of Topliss-reactive ketones (excluding diaryl/α,β-unsaturated/α-hetero) is 1. The molecule has 6 aliphatic rings. The molecule has 5 fully saturated rings. The van der Waals surface area contributed by atoms with E-state index in [-0.39, 0.29) is 40.3 Å². The fourth-order valence-electron chi connectivity index (χ4n) is 12.8. The summed E-state index contributed by atoms with van der Waals surface area (Å²) in [5.74, 6) is 0.0567. The predicted octanol–water partition coefficient (Wildman–Crippen LogP) is 4.89. The number of rotatable bonds is 5. The number of carbonyl (C=O) groups is 3. The van der Waals surface area contributed by atoms with E-state index in [1.54, 1.807) is 0 Å². The number of allylic oxidation sites excluding steroid dienone is 2. The monoisotopic (exact) mass is 644 g/mol. The number of carboxylic acid groups (broad SMARTS) is 1. The van der Waals surface area contributed by atoms with E-state index in [0.29, 0.717) is 24.2 Å². The fraction of sp³-hybridized carbons (Fsp3) is 0.865. The lowest BCUT2D eigenvalue weighted by Gasteiger charge is -2.71. The number of aliphatic hydroxyl groups is 3. The van der Waals surface area contributed by atoms with Gasteiger partial charge in [0.15, 0.2) is 5.78 Å². The molecule has 5 aliphatic carbocycles. The van der Waals surface area contributed by atoms with E-state index >= 15 is 0 Å². The van der Waals surface area contributed by atoms with Gasteiger partial charge in [-0.15, -0.1) is 0 Å². The first kappa shape index (κ1) is 34.1. The smallest absolute Gasteiger partial charge is 0.310 e. The van der Waals surface area contributed by atoms with Crippen molar-refractivity contribution in [2.24, 2.45) is 62.6 Å². The van der Waals surface area contributed by atoms with Crippen LogP contribution in [-0.4, -0.2) is 69.4 Å². The summed E-state index contributed by atoms with van der Waals surface area (Å²) in [4.78, 5) is 38.1. The number of fused-ring (bicyclic) bond motifs is 7. The molecule has 258 valence electrons. The average molecular weight is 645 g/mol. The Morgan fingerprint density at radius 2 is 1.59 bits per heavy atom. The minimum atomic E-state index is -1.69. The van der Waals surface area contributed by atoms with Gasteiger partial charge in [0.05, 0.1) is 5.41 Å². The molecule has 1 heterocycles. The molecule has 6 rings (SSSR count). The molecule has 0 aromatic heterocycles. The molecular weight excluding hydrogens is 588 g/mol. The van der Waals surface area contributed by atoms with Gasteiger partial charge in [0.25, 0.3) is 6.47 Å². The molecule has 1 saturated heterocycles. The Bertz CT molecular complexity index is 1290. The number of hydrogen-bond acceptors (Lipinski definition) is 8. The number of carboxylic acids is 1. The molecule has 46 heavy (non-hydrogen) atoms. The summed E-state index contributed by atoms with van der Waals surface area (Å²) in [6, 6.07) is 0. The van der Waals surface area contributed by atoms with Crippen LogP contribution in [0.15, 0.2) is 11.6 Å². The van der Waals surface area contributed by atoms with Crippen LogP contribution in [0, 0.1) is 62.6 Å². The molecule has 0 aromatic carbocycles. The standard InChI is InChI=1S/C37H56O9/c1-19-10-15-37(32(43)44)17-16-35(6)21(25(37)20(19)2)8-9-24-34(5)13-11-22(33(3,4)23(34)12-14-36(24,35)7)26(39)30-28(41)27(40)29(42)31(46-30)45-18-38/h8,18-20,22-25,27-31,40-42H,9-17H2,1-7H3,(H,43,44)/t19-,20+,22-,23?,24?,25?,27?,28+,29+,30+,31?,34+,35-,36-,37+/m1/s1. The second-order valence-corrected chi connectivity index (χ2v) is 17.6. The fourth-order valence-corrected chi connectivity index (χ4v) is 12.8. The van der Waals surface area contributed by atoms with Gasteiger partial charge in [-0.3, -0.25) is 14.4 Å². The summed E-state index contributed by atoms with van der Waals surface area (Å²) in [6.07, 6.45) is 2.14. The molecule has 9 nitrogen and oxygen atoms in total. The molecule has 9 heteroatoms. The van der Waals surface area contributed by atoms with E-state index in [4.69, 9.17) is 9.47 Å². The van der Waals surface area contributed by atoms with Gasteiger partial charge in [0.1, 0.15) is 24.4 Å². The lowest BCUT2D eigenvalue weighted by molar-refractivity contribution is -0.280. The predicted molar refractivity (Wildman–Crippen MR) is 169 cm³/mol. The zero-order valence-corrected chi connectivity index (χ0v) is 28.7. The van der Waals surface area contributed by atoms with Crippen molar-refractivity contribution in [3.63, 3.8) is 0 Å². The second-order valence-electron chi connectivity index (χ2n) is 17.6. The summed E-state index contributed by atoms with van der Waals surface area (Å²) in [5.41, 5.74) is 0.117. The molecular formula is C37H56O9. The number of ether oxygens (including phenoxy) is 2. The summed E-state index contributed by atoms with van der Waals surface area (Å²) >= 11 is 0. The third-order valence-corrected chi connectivity index (χ3v) is 15.8. The maximum atomic E-state index is 14.1.